The lowest BCUT2D eigenvalue weighted by Gasteiger charge is -2.15. The van der Waals surface area contributed by atoms with E-state index in [0.29, 0.717) is 5.56 Å². The Kier molecular flexibility index (Phi) is 5.90. The van der Waals surface area contributed by atoms with E-state index in [4.69, 9.17) is 4.74 Å². The Morgan fingerprint density at radius 1 is 1.27 bits per heavy atom. The molecule has 0 saturated heterocycles. The first-order valence-electron chi connectivity index (χ1n) is 7.36. The van der Waals surface area contributed by atoms with Crippen LogP contribution >= 0.6 is 0 Å². The molecule has 0 saturated carbocycles. The van der Waals surface area contributed by atoms with Crippen LogP contribution in [0.1, 0.15) is 5.56 Å². The Morgan fingerprint density at radius 3 is 2.46 bits per heavy atom. The summed E-state index contributed by atoms with van der Waals surface area (Å²) < 4.78 is 31.8. The van der Waals surface area contributed by atoms with Crippen LogP contribution in [0.2, 0.25) is 0 Å². The number of methoxy groups -OCH3 is 1. The zero-order valence-electron chi connectivity index (χ0n) is 13.7. The normalized spacial score (nSPS) is 12.3. The zero-order chi connectivity index (χ0) is 19.3. The van der Waals surface area contributed by atoms with Gasteiger partial charge in [0.15, 0.2) is 5.75 Å². The molecule has 0 bridgehead atoms. The molecule has 1 unspecified atom stereocenters. The van der Waals surface area contributed by atoms with Gasteiger partial charge in [-0.1, -0.05) is 30.3 Å². The number of nitrogens with one attached hydrogen (secondary N) is 1. The molecule has 0 spiro atoms. The number of sulfonamides is 1. The monoisotopic (exact) mass is 380 g/mol. The second-order valence-electron chi connectivity index (χ2n) is 5.29. The molecular formula is C16H16N2O7S. The predicted molar refractivity (Wildman–Crippen MR) is 91.5 cm³/mol. The van der Waals surface area contributed by atoms with Crippen molar-refractivity contribution in [2.45, 2.75) is 17.4 Å². The predicted octanol–water partition coefficient (Wildman–Crippen LogP) is 1.58. The Labute approximate surface area is 149 Å². The SMILES string of the molecule is COc1ccc(S(=O)(=O)NC(Cc2ccccc2)C(=O)O)cc1[N+](=O)[O-]. The summed E-state index contributed by atoms with van der Waals surface area (Å²) in [7, 11) is -3.08. The largest absolute Gasteiger partial charge is 0.490 e. The number of carboxylic acids is 1. The number of nitrogens with zero attached hydrogens (tertiary/aromatic N) is 1. The van der Waals surface area contributed by atoms with Gasteiger partial charge < -0.3 is 9.84 Å². The van der Waals surface area contributed by atoms with Crippen molar-refractivity contribution in [1.82, 2.24) is 4.72 Å². The van der Waals surface area contributed by atoms with Gasteiger partial charge in [0.1, 0.15) is 6.04 Å². The first-order valence-corrected chi connectivity index (χ1v) is 8.84. The number of nitro groups is 1. The van der Waals surface area contributed by atoms with Crippen molar-refractivity contribution in [3.05, 3.63) is 64.2 Å². The summed E-state index contributed by atoms with van der Waals surface area (Å²) in [5.41, 5.74) is 0.0913. The maximum Gasteiger partial charge on any atom is 0.322 e. The summed E-state index contributed by atoms with van der Waals surface area (Å²) in [6, 6.07) is 10.1. The minimum atomic E-state index is -4.30. The summed E-state index contributed by atoms with van der Waals surface area (Å²) in [5, 5.41) is 20.4. The first-order chi connectivity index (χ1) is 12.2. The van der Waals surface area contributed by atoms with E-state index in [-0.39, 0.29) is 12.2 Å². The fourth-order valence-electron chi connectivity index (χ4n) is 2.26. The van der Waals surface area contributed by atoms with Gasteiger partial charge in [0.2, 0.25) is 10.0 Å². The molecule has 0 aliphatic rings. The summed E-state index contributed by atoms with van der Waals surface area (Å²) >= 11 is 0. The molecule has 138 valence electrons. The number of nitro benzene ring substituents is 1. The van der Waals surface area contributed by atoms with Crippen LogP contribution in [0.25, 0.3) is 0 Å². The molecule has 2 rings (SSSR count). The van der Waals surface area contributed by atoms with Gasteiger partial charge in [-0.3, -0.25) is 14.9 Å². The fourth-order valence-corrected chi connectivity index (χ4v) is 3.47. The topological polar surface area (TPSA) is 136 Å². The number of hydrogen-bond donors (Lipinski definition) is 2. The quantitative estimate of drug-likeness (QED) is 0.524. The molecule has 0 aliphatic carbocycles. The summed E-state index contributed by atoms with van der Waals surface area (Å²) in [6.45, 7) is 0. The van der Waals surface area contributed by atoms with Crippen molar-refractivity contribution < 1.29 is 28.0 Å². The van der Waals surface area contributed by atoms with Gasteiger partial charge in [-0.05, 0) is 24.1 Å². The van der Waals surface area contributed by atoms with Gasteiger partial charge >= 0.3 is 11.7 Å². The van der Waals surface area contributed by atoms with E-state index < -0.39 is 37.5 Å². The second-order valence-corrected chi connectivity index (χ2v) is 7.01. The van der Waals surface area contributed by atoms with Crippen LogP contribution in [-0.2, 0) is 21.2 Å². The molecule has 0 amide bonds. The number of carboxylic acid groups (broad SMARTS) is 1. The Balaban J connectivity index is 2.32. The van der Waals surface area contributed by atoms with Crippen molar-refractivity contribution in [2.75, 3.05) is 7.11 Å². The molecule has 10 heteroatoms. The van der Waals surface area contributed by atoms with E-state index in [9.17, 15) is 28.4 Å². The van der Waals surface area contributed by atoms with Gasteiger partial charge in [-0.25, -0.2) is 8.42 Å². The van der Waals surface area contributed by atoms with E-state index in [1.54, 1.807) is 30.3 Å². The minimum absolute atomic E-state index is 0.0757. The molecule has 1 atom stereocenters. The molecule has 2 aromatic rings. The summed E-state index contributed by atoms with van der Waals surface area (Å²) in [4.78, 5) is 21.3. The number of benzene rings is 2. The maximum atomic E-state index is 12.5. The van der Waals surface area contributed by atoms with Gasteiger partial charge in [0, 0.05) is 6.07 Å². The molecule has 0 aliphatic heterocycles. The highest BCUT2D eigenvalue weighted by molar-refractivity contribution is 7.89. The zero-order valence-corrected chi connectivity index (χ0v) is 14.5. The van der Waals surface area contributed by atoms with Crippen molar-refractivity contribution in [3.63, 3.8) is 0 Å². The van der Waals surface area contributed by atoms with Crippen LogP contribution in [0.5, 0.6) is 5.75 Å². The highest BCUT2D eigenvalue weighted by atomic mass is 32.2. The van der Waals surface area contributed by atoms with Crippen LogP contribution in [0.4, 0.5) is 5.69 Å². The van der Waals surface area contributed by atoms with Gasteiger partial charge in [-0.15, -0.1) is 0 Å². The third-order valence-electron chi connectivity index (χ3n) is 3.54. The van der Waals surface area contributed by atoms with E-state index in [1.165, 1.54) is 7.11 Å². The number of hydrogen-bond acceptors (Lipinski definition) is 6. The van der Waals surface area contributed by atoms with E-state index in [1.807, 2.05) is 0 Å². The van der Waals surface area contributed by atoms with Crippen molar-refractivity contribution in [3.8, 4) is 5.75 Å². The molecule has 0 aromatic heterocycles. The van der Waals surface area contributed by atoms with E-state index in [2.05, 4.69) is 4.72 Å². The molecule has 0 radical (unpaired) electrons. The Bertz CT molecular complexity index is 913. The van der Waals surface area contributed by atoms with Crippen molar-refractivity contribution in [2.24, 2.45) is 0 Å². The van der Waals surface area contributed by atoms with Gasteiger partial charge in [-0.2, -0.15) is 4.72 Å². The number of aliphatic carboxylic acids is 1. The summed E-state index contributed by atoms with van der Waals surface area (Å²) in [5.74, 6) is -1.46. The highest BCUT2D eigenvalue weighted by Crippen LogP contribution is 2.29. The van der Waals surface area contributed by atoms with Crippen LogP contribution in [0.3, 0.4) is 0 Å². The molecule has 0 fully saturated rings. The van der Waals surface area contributed by atoms with E-state index >= 15 is 0 Å². The average molecular weight is 380 g/mol. The van der Waals surface area contributed by atoms with Gasteiger partial charge in [0.25, 0.3) is 0 Å². The van der Waals surface area contributed by atoms with Crippen LogP contribution in [-0.4, -0.2) is 37.6 Å². The maximum absolute atomic E-state index is 12.5. The number of rotatable bonds is 8. The summed E-state index contributed by atoms with van der Waals surface area (Å²) in [6.07, 6.45) is -0.0757. The van der Waals surface area contributed by atoms with Crippen LogP contribution in [0, 0.1) is 10.1 Å². The third kappa shape index (κ3) is 4.55. The second kappa shape index (κ2) is 7.93. The number of ether oxygens (including phenoxy) is 1. The van der Waals surface area contributed by atoms with Crippen LogP contribution < -0.4 is 9.46 Å². The molecule has 0 heterocycles. The van der Waals surface area contributed by atoms with Crippen molar-refractivity contribution >= 4 is 21.7 Å². The first kappa shape index (κ1) is 19.3. The Morgan fingerprint density at radius 2 is 1.92 bits per heavy atom. The number of carbonyl (C=O) groups is 1. The van der Waals surface area contributed by atoms with Crippen molar-refractivity contribution in [1.29, 1.82) is 0 Å². The average Bonchev–Trinajstić information content (AvgIpc) is 2.61. The highest BCUT2D eigenvalue weighted by Gasteiger charge is 2.28. The lowest BCUT2D eigenvalue weighted by Crippen LogP contribution is -2.42. The standard InChI is InChI=1S/C16H16N2O7S/c1-25-15-8-7-12(10-14(15)18(21)22)26(23,24)17-13(16(19)20)9-11-5-3-2-4-6-11/h2-8,10,13,17H,9H2,1H3,(H,19,20). The third-order valence-corrected chi connectivity index (χ3v) is 5.00. The Hall–Kier alpha value is -2.98. The van der Waals surface area contributed by atoms with E-state index in [0.717, 1.165) is 18.2 Å². The van der Waals surface area contributed by atoms with Crippen LogP contribution in [0.15, 0.2) is 53.4 Å². The molecule has 26 heavy (non-hydrogen) atoms. The molecule has 9 nitrogen and oxygen atoms in total. The lowest BCUT2D eigenvalue weighted by molar-refractivity contribution is -0.386. The fraction of sp³-hybridized carbons (Fsp3) is 0.188. The smallest absolute Gasteiger partial charge is 0.322 e. The minimum Gasteiger partial charge on any atom is -0.490 e. The van der Waals surface area contributed by atoms with Gasteiger partial charge in [0.05, 0.1) is 16.9 Å². The molecule has 2 N–H and O–H groups in total. The molecular weight excluding hydrogens is 364 g/mol. The lowest BCUT2D eigenvalue weighted by atomic mass is 10.1. The molecule has 2 aromatic carbocycles.